The van der Waals surface area contributed by atoms with Crippen molar-refractivity contribution < 1.29 is 9.21 Å². The van der Waals surface area contributed by atoms with E-state index in [9.17, 15) is 4.79 Å². The summed E-state index contributed by atoms with van der Waals surface area (Å²) >= 11 is 1.49. The molecule has 0 saturated carbocycles. The van der Waals surface area contributed by atoms with Crippen LogP contribution in [0, 0.1) is 0 Å². The fraction of sp³-hybridized carbons (Fsp3) is 0.176. The molecule has 0 atom stereocenters. The van der Waals surface area contributed by atoms with Crippen LogP contribution in [0.2, 0.25) is 0 Å². The second-order valence-corrected chi connectivity index (χ2v) is 6.58. The van der Waals surface area contributed by atoms with Gasteiger partial charge in [-0.2, -0.15) is 0 Å². The first-order valence-corrected chi connectivity index (χ1v) is 9.01. The molecule has 0 spiro atoms. The number of primary amides is 1. The van der Waals surface area contributed by atoms with Gasteiger partial charge in [-0.15, -0.1) is 10.2 Å². The predicted molar refractivity (Wildman–Crippen MR) is 97.2 cm³/mol. The highest BCUT2D eigenvalue weighted by molar-refractivity contribution is 7.98. The lowest BCUT2D eigenvalue weighted by Gasteiger charge is -2.07. The van der Waals surface area contributed by atoms with Gasteiger partial charge in [0.2, 0.25) is 5.91 Å². The van der Waals surface area contributed by atoms with Crippen molar-refractivity contribution >= 4 is 28.7 Å². The summed E-state index contributed by atoms with van der Waals surface area (Å²) < 4.78 is 7.26. The number of nitrogens with one attached hydrogen (secondary N) is 1. The number of hydrogen-bond acceptors (Lipinski definition) is 6. The molecule has 1 amide bonds. The van der Waals surface area contributed by atoms with Crippen LogP contribution in [0.5, 0.6) is 0 Å². The van der Waals surface area contributed by atoms with Crippen LogP contribution >= 0.6 is 11.8 Å². The summed E-state index contributed by atoms with van der Waals surface area (Å²) in [6, 6.07) is 11.5. The number of carbonyl (C=O) groups is 1. The van der Waals surface area contributed by atoms with Crippen molar-refractivity contribution in [3.8, 4) is 11.6 Å². The second kappa shape index (κ2) is 7.04. The van der Waals surface area contributed by atoms with Gasteiger partial charge in [-0.05, 0) is 24.3 Å². The fourth-order valence-corrected chi connectivity index (χ4v) is 3.45. The Hall–Kier alpha value is -3.07. The molecule has 0 aliphatic rings. The largest absolute Gasteiger partial charge is 0.461 e. The number of furan rings is 1. The van der Waals surface area contributed by atoms with Crippen molar-refractivity contribution in [1.29, 1.82) is 0 Å². The normalized spacial score (nSPS) is 11.2. The highest BCUT2D eigenvalue weighted by Crippen LogP contribution is 2.27. The number of nitrogens with two attached hydrogens (primary N) is 1. The molecule has 0 aliphatic carbocycles. The Kier molecular flexibility index (Phi) is 4.44. The molecule has 0 unspecified atom stereocenters. The van der Waals surface area contributed by atoms with Crippen molar-refractivity contribution in [1.82, 2.24) is 24.7 Å². The number of rotatable bonds is 7. The molecule has 3 N–H and O–H groups in total. The minimum Gasteiger partial charge on any atom is -0.461 e. The third-order valence-electron chi connectivity index (χ3n) is 3.82. The van der Waals surface area contributed by atoms with Crippen molar-refractivity contribution in [2.45, 2.75) is 23.9 Å². The standard InChI is InChI=1S/C17H16N6O2S/c18-14(24)7-8-23-16(13-6-3-9-25-13)21-22-17(23)26-10-15-19-11-4-1-2-5-12(11)20-15/h1-6,9H,7-8,10H2,(H2,18,24)(H,19,20). The Morgan fingerprint density at radius 1 is 1.23 bits per heavy atom. The minimum atomic E-state index is -0.377. The Bertz CT molecular complexity index is 1000. The molecule has 26 heavy (non-hydrogen) atoms. The van der Waals surface area contributed by atoms with Gasteiger partial charge in [0.25, 0.3) is 0 Å². The zero-order valence-electron chi connectivity index (χ0n) is 13.8. The first-order chi connectivity index (χ1) is 12.7. The molecule has 132 valence electrons. The number of fused-ring (bicyclic) bond motifs is 1. The van der Waals surface area contributed by atoms with E-state index in [0.29, 0.717) is 29.0 Å². The number of imidazole rings is 1. The molecule has 4 aromatic rings. The van der Waals surface area contributed by atoms with Crippen LogP contribution in [-0.4, -0.2) is 30.6 Å². The third-order valence-corrected chi connectivity index (χ3v) is 4.79. The fourth-order valence-electron chi connectivity index (χ4n) is 2.61. The zero-order valence-corrected chi connectivity index (χ0v) is 14.6. The van der Waals surface area contributed by atoms with E-state index in [-0.39, 0.29) is 12.3 Å². The maximum atomic E-state index is 11.2. The van der Waals surface area contributed by atoms with Gasteiger partial charge in [0.1, 0.15) is 5.82 Å². The first-order valence-electron chi connectivity index (χ1n) is 8.02. The summed E-state index contributed by atoms with van der Waals surface area (Å²) in [5.41, 5.74) is 7.22. The van der Waals surface area contributed by atoms with Crippen LogP contribution in [0.15, 0.2) is 52.2 Å². The van der Waals surface area contributed by atoms with E-state index in [4.69, 9.17) is 10.2 Å². The molecule has 0 bridgehead atoms. The lowest BCUT2D eigenvalue weighted by Crippen LogP contribution is -2.15. The van der Waals surface area contributed by atoms with Gasteiger partial charge in [-0.1, -0.05) is 23.9 Å². The van der Waals surface area contributed by atoms with Gasteiger partial charge in [0, 0.05) is 13.0 Å². The zero-order chi connectivity index (χ0) is 17.9. The lowest BCUT2D eigenvalue weighted by atomic mass is 10.3. The number of amides is 1. The van der Waals surface area contributed by atoms with E-state index in [2.05, 4.69) is 20.2 Å². The second-order valence-electron chi connectivity index (χ2n) is 5.64. The topological polar surface area (TPSA) is 116 Å². The smallest absolute Gasteiger partial charge is 0.219 e. The molecule has 0 saturated heterocycles. The number of aromatic amines is 1. The maximum Gasteiger partial charge on any atom is 0.219 e. The number of hydrogen-bond donors (Lipinski definition) is 2. The predicted octanol–water partition coefficient (Wildman–Crippen LogP) is 2.58. The summed E-state index contributed by atoms with van der Waals surface area (Å²) in [7, 11) is 0. The van der Waals surface area contributed by atoms with E-state index in [1.165, 1.54) is 11.8 Å². The molecule has 0 fully saturated rings. The molecule has 1 aromatic carbocycles. The van der Waals surface area contributed by atoms with Gasteiger partial charge in [0.05, 0.1) is 23.0 Å². The van der Waals surface area contributed by atoms with E-state index in [1.54, 1.807) is 18.4 Å². The van der Waals surface area contributed by atoms with Crippen molar-refractivity contribution in [2.24, 2.45) is 5.73 Å². The summed E-state index contributed by atoms with van der Waals surface area (Å²) in [5.74, 6) is 2.24. The SMILES string of the molecule is NC(=O)CCn1c(SCc2nc3ccccc3[nH]2)nnc1-c1ccco1. The molecule has 8 nitrogen and oxygen atoms in total. The van der Waals surface area contributed by atoms with Crippen LogP contribution in [0.1, 0.15) is 12.2 Å². The van der Waals surface area contributed by atoms with Crippen LogP contribution in [0.4, 0.5) is 0 Å². The number of benzene rings is 1. The number of thioether (sulfide) groups is 1. The highest BCUT2D eigenvalue weighted by atomic mass is 32.2. The number of para-hydroxylation sites is 2. The van der Waals surface area contributed by atoms with Crippen molar-refractivity contribution in [2.75, 3.05) is 0 Å². The van der Waals surface area contributed by atoms with Gasteiger partial charge >= 0.3 is 0 Å². The molecule has 0 aliphatic heterocycles. The Morgan fingerprint density at radius 2 is 2.12 bits per heavy atom. The molecule has 0 radical (unpaired) electrons. The van der Waals surface area contributed by atoms with E-state index >= 15 is 0 Å². The summed E-state index contributed by atoms with van der Waals surface area (Å²) in [5, 5.41) is 9.13. The monoisotopic (exact) mass is 368 g/mol. The van der Waals surface area contributed by atoms with Crippen molar-refractivity contribution in [3.05, 3.63) is 48.5 Å². The van der Waals surface area contributed by atoms with Crippen LogP contribution in [0.25, 0.3) is 22.6 Å². The van der Waals surface area contributed by atoms with Crippen LogP contribution < -0.4 is 5.73 Å². The number of carbonyl (C=O) groups excluding carboxylic acids is 1. The number of H-pyrrole nitrogens is 1. The Labute approximate surface area is 152 Å². The summed E-state index contributed by atoms with van der Waals surface area (Å²) in [6.45, 7) is 0.390. The minimum absolute atomic E-state index is 0.198. The average Bonchev–Trinajstić information content (AvgIpc) is 3.35. The van der Waals surface area contributed by atoms with Gasteiger partial charge in [-0.3, -0.25) is 9.36 Å². The highest BCUT2D eigenvalue weighted by Gasteiger charge is 2.17. The molecule has 4 rings (SSSR count). The molecule has 3 heterocycles. The Morgan fingerprint density at radius 3 is 2.88 bits per heavy atom. The molecule has 3 aromatic heterocycles. The van der Waals surface area contributed by atoms with Crippen LogP contribution in [-0.2, 0) is 17.1 Å². The summed E-state index contributed by atoms with van der Waals surface area (Å²) in [6.07, 6.45) is 1.77. The average molecular weight is 368 g/mol. The third kappa shape index (κ3) is 3.33. The maximum absolute atomic E-state index is 11.2. The number of nitrogens with zero attached hydrogens (tertiary/aromatic N) is 4. The lowest BCUT2D eigenvalue weighted by molar-refractivity contribution is -0.118. The summed E-state index contributed by atoms with van der Waals surface area (Å²) in [4.78, 5) is 19.1. The quantitative estimate of drug-likeness (QED) is 0.484. The van der Waals surface area contributed by atoms with E-state index < -0.39 is 0 Å². The Balaban J connectivity index is 1.57. The van der Waals surface area contributed by atoms with Gasteiger partial charge in [-0.25, -0.2) is 4.98 Å². The van der Waals surface area contributed by atoms with Gasteiger partial charge in [0.15, 0.2) is 16.7 Å². The molecular formula is C17H16N6O2S. The van der Waals surface area contributed by atoms with Gasteiger partial charge < -0.3 is 15.1 Å². The number of aromatic nitrogens is 5. The van der Waals surface area contributed by atoms with E-state index in [0.717, 1.165) is 16.9 Å². The van der Waals surface area contributed by atoms with Crippen LogP contribution in [0.3, 0.4) is 0 Å². The van der Waals surface area contributed by atoms with Crippen molar-refractivity contribution in [3.63, 3.8) is 0 Å². The van der Waals surface area contributed by atoms with E-state index in [1.807, 2.05) is 28.8 Å². The molecular weight excluding hydrogens is 352 g/mol. The molecule has 9 heteroatoms. The first kappa shape index (κ1) is 16.4.